The smallest absolute Gasteiger partial charge is 0.323 e. The van der Waals surface area contributed by atoms with Crippen LogP contribution in [0.5, 0.6) is 0 Å². The van der Waals surface area contributed by atoms with Crippen molar-refractivity contribution in [1.82, 2.24) is 0 Å². The molecule has 0 bridgehead atoms. The fourth-order valence-electron chi connectivity index (χ4n) is 4.92. The first-order valence-corrected chi connectivity index (χ1v) is 13.8. The van der Waals surface area contributed by atoms with Crippen molar-refractivity contribution in [2.24, 2.45) is 4.99 Å². The number of urea groups is 1. The minimum Gasteiger partial charge on any atom is -0.324 e. The van der Waals surface area contributed by atoms with Crippen LogP contribution in [0.15, 0.2) is 96.0 Å². The van der Waals surface area contributed by atoms with Crippen LogP contribution in [0.4, 0.5) is 21.9 Å². The van der Waals surface area contributed by atoms with E-state index in [4.69, 9.17) is 16.6 Å². The summed E-state index contributed by atoms with van der Waals surface area (Å²) < 4.78 is 0. The number of halogens is 1. The van der Waals surface area contributed by atoms with E-state index >= 15 is 0 Å². The number of anilines is 3. The molecule has 3 N–H and O–H groups in total. The van der Waals surface area contributed by atoms with Gasteiger partial charge in [0, 0.05) is 33.9 Å². The second kappa shape index (κ2) is 12.2. The normalized spacial score (nSPS) is 14.4. The molecule has 0 aromatic heterocycles. The number of fused-ring (bicyclic) bond motifs is 1. The summed E-state index contributed by atoms with van der Waals surface area (Å²) in [6, 6.07) is 27.5. The maximum Gasteiger partial charge on any atom is 0.323 e. The van der Waals surface area contributed by atoms with Gasteiger partial charge in [0.1, 0.15) is 6.04 Å². The SMILES string of the molecule is CCc1ccc(CC2N=C(c3ccc(NC(=O)Nc4ccccc4)cc3)c3cc(Cl)ccc3NC2=O)cc1CC. The van der Waals surface area contributed by atoms with Crippen molar-refractivity contribution in [1.29, 1.82) is 0 Å². The molecule has 0 saturated heterocycles. The minimum atomic E-state index is -0.618. The Morgan fingerprint density at radius 1 is 0.850 bits per heavy atom. The molecule has 202 valence electrons. The van der Waals surface area contributed by atoms with Crippen molar-refractivity contribution in [2.75, 3.05) is 16.0 Å². The van der Waals surface area contributed by atoms with Crippen molar-refractivity contribution in [3.8, 4) is 0 Å². The summed E-state index contributed by atoms with van der Waals surface area (Å²) in [5.41, 5.74) is 7.93. The molecule has 1 atom stereocenters. The van der Waals surface area contributed by atoms with Gasteiger partial charge >= 0.3 is 6.03 Å². The van der Waals surface area contributed by atoms with Crippen molar-refractivity contribution < 1.29 is 9.59 Å². The Hall–Kier alpha value is -4.42. The Kier molecular flexibility index (Phi) is 8.27. The maximum atomic E-state index is 13.3. The van der Waals surface area contributed by atoms with E-state index in [2.05, 4.69) is 48.0 Å². The molecule has 5 rings (SSSR count). The highest BCUT2D eigenvalue weighted by Gasteiger charge is 2.26. The van der Waals surface area contributed by atoms with Crippen molar-refractivity contribution >= 4 is 46.3 Å². The second-order valence-electron chi connectivity index (χ2n) is 9.71. The molecule has 0 fully saturated rings. The van der Waals surface area contributed by atoms with Crippen LogP contribution in [0.3, 0.4) is 0 Å². The van der Waals surface area contributed by atoms with Crippen LogP contribution in [-0.4, -0.2) is 23.7 Å². The van der Waals surface area contributed by atoms with E-state index in [1.807, 2.05) is 66.7 Å². The van der Waals surface area contributed by atoms with Crippen LogP contribution < -0.4 is 16.0 Å². The summed E-state index contributed by atoms with van der Waals surface area (Å²) >= 11 is 6.37. The number of amides is 3. The Morgan fingerprint density at radius 2 is 1.55 bits per heavy atom. The van der Waals surface area contributed by atoms with Gasteiger partial charge in [0.25, 0.3) is 0 Å². The molecule has 1 aliphatic heterocycles. The third kappa shape index (κ3) is 6.24. The van der Waals surface area contributed by atoms with E-state index in [9.17, 15) is 9.59 Å². The number of rotatable bonds is 7. The Labute approximate surface area is 239 Å². The maximum absolute atomic E-state index is 13.3. The summed E-state index contributed by atoms with van der Waals surface area (Å²) in [7, 11) is 0. The van der Waals surface area contributed by atoms with Gasteiger partial charge in [-0.05, 0) is 72.0 Å². The zero-order valence-electron chi connectivity index (χ0n) is 22.5. The molecule has 1 unspecified atom stereocenters. The first-order chi connectivity index (χ1) is 19.4. The minimum absolute atomic E-state index is 0.160. The molecule has 7 heteroatoms. The molecule has 4 aromatic rings. The monoisotopic (exact) mass is 550 g/mol. The van der Waals surface area contributed by atoms with Gasteiger partial charge in [0.05, 0.1) is 11.4 Å². The molecule has 0 saturated carbocycles. The summed E-state index contributed by atoms with van der Waals surface area (Å²) in [4.78, 5) is 30.8. The van der Waals surface area contributed by atoms with Crippen LogP contribution >= 0.6 is 11.6 Å². The highest BCUT2D eigenvalue weighted by atomic mass is 35.5. The number of hydrogen-bond acceptors (Lipinski definition) is 3. The zero-order valence-corrected chi connectivity index (χ0v) is 23.3. The number of nitrogens with zero attached hydrogens (tertiary/aromatic N) is 1. The Morgan fingerprint density at radius 3 is 2.25 bits per heavy atom. The van der Waals surface area contributed by atoms with Crippen molar-refractivity contribution in [3.63, 3.8) is 0 Å². The predicted octanol–water partition coefficient (Wildman–Crippen LogP) is 7.51. The van der Waals surface area contributed by atoms with Crippen molar-refractivity contribution in [2.45, 2.75) is 39.2 Å². The molecule has 3 amide bonds. The van der Waals surface area contributed by atoms with Gasteiger partial charge in [0.15, 0.2) is 0 Å². The number of para-hydroxylation sites is 1. The Bertz CT molecular complexity index is 1570. The number of benzene rings is 4. The van der Waals surface area contributed by atoms with E-state index in [0.717, 1.165) is 29.5 Å². The van der Waals surface area contributed by atoms with E-state index in [1.54, 1.807) is 6.07 Å². The lowest BCUT2D eigenvalue weighted by Gasteiger charge is -2.14. The fourth-order valence-corrected chi connectivity index (χ4v) is 5.09. The van der Waals surface area contributed by atoms with Gasteiger partial charge in [-0.3, -0.25) is 9.79 Å². The lowest BCUT2D eigenvalue weighted by atomic mass is 9.96. The van der Waals surface area contributed by atoms with E-state index < -0.39 is 6.04 Å². The molecule has 0 aliphatic carbocycles. The summed E-state index contributed by atoms with van der Waals surface area (Å²) in [5, 5.41) is 9.27. The lowest BCUT2D eigenvalue weighted by molar-refractivity contribution is -0.117. The van der Waals surface area contributed by atoms with E-state index in [-0.39, 0.29) is 11.9 Å². The summed E-state index contributed by atoms with van der Waals surface area (Å²) in [6.07, 6.45) is 2.40. The number of aliphatic imine (C=N–C) groups is 1. The number of aryl methyl sites for hydroxylation is 2. The van der Waals surface area contributed by atoms with Gasteiger partial charge in [-0.2, -0.15) is 0 Å². The van der Waals surface area contributed by atoms with Crippen LogP contribution in [0.25, 0.3) is 0 Å². The molecular weight excluding hydrogens is 520 g/mol. The first kappa shape index (κ1) is 27.2. The topological polar surface area (TPSA) is 82.6 Å². The molecule has 40 heavy (non-hydrogen) atoms. The number of carbonyl (C=O) groups excluding carboxylic acids is 2. The molecule has 6 nitrogen and oxygen atoms in total. The van der Waals surface area contributed by atoms with Gasteiger partial charge in [-0.15, -0.1) is 0 Å². The van der Waals surface area contributed by atoms with Crippen LogP contribution in [-0.2, 0) is 24.1 Å². The second-order valence-corrected chi connectivity index (χ2v) is 10.1. The van der Waals surface area contributed by atoms with Crippen LogP contribution in [0, 0.1) is 0 Å². The van der Waals surface area contributed by atoms with Gasteiger partial charge < -0.3 is 16.0 Å². The molecule has 1 heterocycles. The number of hydrogen-bond donors (Lipinski definition) is 3. The highest BCUT2D eigenvalue weighted by Crippen LogP contribution is 2.29. The molecule has 4 aromatic carbocycles. The first-order valence-electron chi connectivity index (χ1n) is 13.5. The molecular formula is C33H31ClN4O2. The standard InChI is InChI=1S/C33H31ClN4O2/c1-3-22-11-10-21(18-23(22)4-2)19-30-32(39)38-29-17-14-25(34)20-28(29)31(37-30)24-12-15-27(16-13-24)36-33(40)35-26-8-6-5-7-9-26/h5-18,20,30H,3-4,19H2,1-2H3,(H,38,39)(H2,35,36,40). The van der Waals surface area contributed by atoms with Gasteiger partial charge in [-0.25, -0.2) is 4.79 Å². The number of nitrogens with one attached hydrogen (secondary N) is 3. The number of benzodiazepines with no additional fused rings is 1. The quantitative estimate of drug-likeness (QED) is 0.222. The van der Waals surface area contributed by atoms with Gasteiger partial charge in [0.2, 0.25) is 5.91 Å². The zero-order chi connectivity index (χ0) is 28.1. The van der Waals surface area contributed by atoms with E-state index in [0.29, 0.717) is 34.2 Å². The van der Waals surface area contributed by atoms with Crippen molar-refractivity contribution in [3.05, 3.63) is 124 Å². The Balaban J connectivity index is 1.44. The van der Waals surface area contributed by atoms with Crippen LogP contribution in [0.2, 0.25) is 5.02 Å². The fraction of sp³-hybridized carbons (Fsp3) is 0.182. The van der Waals surface area contributed by atoms with Crippen LogP contribution in [0.1, 0.15) is 41.7 Å². The molecule has 0 radical (unpaired) electrons. The average Bonchev–Trinajstić information content (AvgIpc) is 3.09. The average molecular weight is 551 g/mol. The number of carbonyl (C=O) groups is 2. The highest BCUT2D eigenvalue weighted by molar-refractivity contribution is 6.32. The molecule has 1 aliphatic rings. The predicted molar refractivity (Wildman–Crippen MR) is 164 cm³/mol. The summed E-state index contributed by atoms with van der Waals surface area (Å²) in [5.74, 6) is -0.160. The third-order valence-corrected chi connectivity index (χ3v) is 7.23. The lowest BCUT2D eigenvalue weighted by Crippen LogP contribution is -2.27. The van der Waals surface area contributed by atoms with Gasteiger partial charge in [-0.1, -0.05) is 74.0 Å². The summed E-state index contributed by atoms with van der Waals surface area (Å²) in [6.45, 7) is 4.30. The third-order valence-electron chi connectivity index (χ3n) is 6.99. The van der Waals surface area contributed by atoms with E-state index in [1.165, 1.54) is 11.1 Å². The molecule has 0 spiro atoms. The largest absolute Gasteiger partial charge is 0.324 e.